The molecule has 1 saturated carbocycles. The highest BCUT2D eigenvalue weighted by atomic mass is 16.6. The first-order valence-electron chi connectivity index (χ1n) is 16.7. The number of esters is 3. The van der Waals surface area contributed by atoms with Gasteiger partial charge in [-0.2, -0.15) is 0 Å². The van der Waals surface area contributed by atoms with Crippen molar-refractivity contribution in [3.8, 4) is 0 Å². The van der Waals surface area contributed by atoms with Crippen LogP contribution in [0.3, 0.4) is 0 Å². The van der Waals surface area contributed by atoms with E-state index in [1.807, 2.05) is 25.1 Å². The highest BCUT2D eigenvalue weighted by molar-refractivity contribution is 5.90. The predicted molar refractivity (Wildman–Crippen MR) is 180 cm³/mol. The molecule has 0 unspecified atom stereocenters. The number of hydrogen-bond acceptors (Lipinski definition) is 8. The summed E-state index contributed by atoms with van der Waals surface area (Å²) in [6.45, 7) is 8.16. The van der Waals surface area contributed by atoms with Crippen molar-refractivity contribution in [3.63, 3.8) is 0 Å². The van der Waals surface area contributed by atoms with Crippen LogP contribution >= 0.6 is 0 Å². The Bertz CT molecular complexity index is 1700. The van der Waals surface area contributed by atoms with Gasteiger partial charge in [-0.25, -0.2) is 14.4 Å². The quantitative estimate of drug-likeness (QED) is 0.111. The molecule has 2 fully saturated rings. The molecule has 1 aliphatic heterocycles. The van der Waals surface area contributed by atoms with Crippen LogP contribution in [0.15, 0.2) is 108 Å². The van der Waals surface area contributed by atoms with Gasteiger partial charge in [0.1, 0.15) is 18.8 Å². The Morgan fingerprint density at radius 3 is 2.15 bits per heavy atom. The number of ether oxygens (including phenoxy) is 4. The largest absolute Gasteiger partial charge is 0.461 e. The Kier molecular flexibility index (Phi) is 9.65. The van der Waals surface area contributed by atoms with Gasteiger partial charge in [0.25, 0.3) is 0 Å². The lowest BCUT2D eigenvalue weighted by Crippen LogP contribution is -2.50. The Balaban J connectivity index is 1.49. The number of fused-ring (bicyclic) bond motifs is 2. The standard InChI is InChI=1S/C40H43NO7/c1-26(2)31-19-20-40(25-45-36(42)28-12-7-5-8-13-28)34(47-37(43)29-14-9-6-10-15-29)22-27(3)17-18-33-39(4,48-33)23-32(35(31)40)46-38(44)30-16-11-21-41-24-30/h5-16,21-22,24,32-35H,17-20,23,25H2,1-4H3/b27-22+/t32-,33+,34+,35-,39+,40+/m1/s1. The Hall–Kier alpha value is -4.56. The maximum absolute atomic E-state index is 13.8. The highest BCUT2D eigenvalue weighted by Gasteiger charge is 2.61. The van der Waals surface area contributed by atoms with E-state index < -0.39 is 47.0 Å². The zero-order valence-electron chi connectivity index (χ0n) is 28.0. The summed E-state index contributed by atoms with van der Waals surface area (Å²) in [6.07, 6.45) is 6.77. The lowest BCUT2D eigenvalue weighted by atomic mass is 9.68. The molecule has 0 amide bonds. The summed E-state index contributed by atoms with van der Waals surface area (Å²) < 4.78 is 25.5. The molecule has 0 spiro atoms. The van der Waals surface area contributed by atoms with Crippen molar-refractivity contribution < 1.29 is 33.3 Å². The van der Waals surface area contributed by atoms with E-state index in [0.717, 1.165) is 29.6 Å². The van der Waals surface area contributed by atoms with Crippen molar-refractivity contribution in [2.45, 2.75) is 83.7 Å². The first kappa shape index (κ1) is 33.3. The van der Waals surface area contributed by atoms with Gasteiger partial charge >= 0.3 is 17.9 Å². The van der Waals surface area contributed by atoms with Crippen molar-refractivity contribution in [3.05, 3.63) is 125 Å². The fourth-order valence-corrected chi connectivity index (χ4v) is 7.53. The van der Waals surface area contributed by atoms with Crippen LogP contribution in [0.2, 0.25) is 0 Å². The van der Waals surface area contributed by atoms with Crippen LogP contribution in [-0.2, 0) is 18.9 Å². The van der Waals surface area contributed by atoms with Crippen molar-refractivity contribution in [1.82, 2.24) is 4.98 Å². The summed E-state index contributed by atoms with van der Waals surface area (Å²) in [5, 5.41) is 0. The number of benzene rings is 2. The molecule has 8 heteroatoms. The molecule has 3 aliphatic rings. The zero-order chi connectivity index (χ0) is 33.9. The normalized spacial score (nSPS) is 29.2. The molecule has 250 valence electrons. The van der Waals surface area contributed by atoms with Crippen LogP contribution in [0.1, 0.15) is 90.9 Å². The maximum atomic E-state index is 13.8. The summed E-state index contributed by atoms with van der Waals surface area (Å²) in [6, 6.07) is 21.1. The van der Waals surface area contributed by atoms with Gasteiger partial charge in [-0.05, 0) is 95.9 Å². The molecular weight excluding hydrogens is 606 g/mol. The van der Waals surface area contributed by atoms with Crippen LogP contribution < -0.4 is 0 Å². The average molecular weight is 650 g/mol. The minimum Gasteiger partial charge on any atom is -0.461 e. The van der Waals surface area contributed by atoms with E-state index in [-0.39, 0.29) is 12.7 Å². The summed E-state index contributed by atoms with van der Waals surface area (Å²) >= 11 is 0. The second-order valence-electron chi connectivity index (χ2n) is 13.7. The number of pyridine rings is 1. The second kappa shape index (κ2) is 13.9. The molecule has 8 nitrogen and oxygen atoms in total. The maximum Gasteiger partial charge on any atom is 0.339 e. The molecule has 3 aromatic rings. The van der Waals surface area contributed by atoms with E-state index in [4.69, 9.17) is 18.9 Å². The van der Waals surface area contributed by atoms with Gasteiger partial charge in [-0.3, -0.25) is 4.98 Å². The second-order valence-corrected chi connectivity index (χ2v) is 13.7. The topological polar surface area (TPSA) is 104 Å². The van der Waals surface area contributed by atoms with E-state index in [9.17, 15) is 14.4 Å². The van der Waals surface area contributed by atoms with Crippen LogP contribution in [0, 0.1) is 11.3 Å². The van der Waals surface area contributed by atoms with E-state index in [0.29, 0.717) is 36.0 Å². The van der Waals surface area contributed by atoms with E-state index in [2.05, 4.69) is 25.8 Å². The molecule has 2 aliphatic carbocycles. The number of allylic oxidation sites excluding steroid dienone is 2. The van der Waals surface area contributed by atoms with Crippen LogP contribution in [0.25, 0.3) is 0 Å². The smallest absolute Gasteiger partial charge is 0.339 e. The van der Waals surface area contributed by atoms with Gasteiger partial charge in [-0.15, -0.1) is 0 Å². The molecule has 48 heavy (non-hydrogen) atoms. The third-order valence-electron chi connectivity index (χ3n) is 10.2. The number of epoxide rings is 1. The number of carbonyl (C=O) groups excluding carboxylic acids is 3. The highest BCUT2D eigenvalue weighted by Crippen LogP contribution is 2.57. The number of hydrogen-bond donors (Lipinski definition) is 0. The fraction of sp³-hybridized carbons (Fsp3) is 0.400. The Labute approximate surface area is 282 Å². The molecule has 0 radical (unpaired) electrons. The van der Waals surface area contributed by atoms with Crippen LogP contribution in [0.5, 0.6) is 0 Å². The van der Waals surface area contributed by atoms with Crippen molar-refractivity contribution >= 4 is 17.9 Å². The third-order valence-corrected chi connectivity index (χ3v) is 10.2. The van der Waals surface area contributed by atoms with Gasteiger partial charge < -0.3 is 18.9 Å². The van der Waals surface area contributed by atoms with E-state index in [1.54, 1.807) is 66.9 Å². The zero-order valence-corrected chi connectivity index (χ0v) is 28.0. The van der Waals surface area contributed by atoms with E-state index in [1.165, 1.54) is 6.20 Å². The summed E-state index contributed by atoms with van der Waals surface area (Å²) in [4.78, 5) is 45.2. The molecule has 6 atom stereocenters. The van der Waals surface area contributed by atoms with Crippen LogP contribution in [0.4, 0.5) is 0 Å². The van der Waals surface area contributed by atoms with Gasteiger partial charge in [0, 0.05) is 24.7 Å². The minimum absolute atomic E-state index is 0.00859. The Morgan fingerprint density at radius 1 is 0.854 bits per heavy atom. The molecular formula is C40H43NO7. The number of aromatic nitrogens is 1. The molecule has 1 aromatic heterocycles. The third kappa shape index (κ3) is 6.99. The van der Waals surface area contributed by atoms with Gasteiger partial charge in [0.2, 0.25) is 0 Å². The summed E-state index contributed by atoms with van der Waals surface area (Å²) in [7, 11) is 0. The molecule has 0 bridgehead atoms. The number of nitrogens with zero attached hydrogens (tertiary/aromatic N) is 1. The lowest BCUT2D eigenvalue weighted by Gasteiger charge is -2.43. The summed E-state index contributed by atoms with van der Waals surface area (Å²) in [5.74, 6) is -1.90. The van der Waals surface area contributed by atoms with Crippen molar-refractivity contribution in [1.29, 1.82) is 0 Å². The Morgan fingerprint density at radius 2 is 1.50 bits per heavy atom. The van der Waals surface area contributed by atoms with Crippen molar-refractivity contribution in [2.75, 3.05) is 6.61 Å². The lowest BCUT2D eigenvalue weighted by molar-refractivity contribution is -0.0796. The van der Waals surface area contributed by atoms with Gasteiger partial charge in [0.15, 0.2) is 0 Å². The molecule has 0 N–H and O–H groups in total. The monoisotopic (exact) mass is 649 g/mol. The van der Waals surface area contributed by atoms with E-state index >= 15 is 0 Å². The van der Waals surface area contributed by atoms with Gasteiger partial charge in [-0.1, -0.05) is 53.1 Å². The molecule has 1 saturated heterocycles. The number of rotatable bonds is 7. The first-order chi connectivity index (χ1) is 23.1. The summed E-state index contributed by atoms with van der Waals surface area (Å²) in [5.41, 5.74) is 2.94. The fourth-order valence-electron chi connectivity index (χ4n) is 7.53. The average Bonchev–Trinajstić information content (AvgIpc) is 3.57. The van der Waals surface area contributed by atoms with Crippen molar-refractivity contribution in [2.24, 2.45) is 11.3 Å². The number of carbonyl (C=O) groups is 3. The van der Waals surface area contributed by atoms with Gasteiger partial charge in [0.05, 0.1) is 33.8 Å². The molecule has 2 aromatic carbocycles. The molecule has 2 heterocycles. The predicted octanol–water partition coefficient (Wildman–Crippen LogP) is 7.71. The van der Waals surface area contributed by atoms with Crippen LogP contribution in [-0.4, -0.2) is 53.4 Å². The minimum atomic E-state index is -0.965. The SMILES string of the molecule is CC(C)=C1CC[C@]2(COC(=O)c3ccccc3)[C@@H](OC(=O)c3ccccc3)/C=C(\C)CC[C@@H]3O[C@@]3(C)C[C@@H](OC(=O)c3cccnc3)[C@@H]12. The molecule has 6 rings (SSSR count). The first-order valence-corrected chi connectivity index (χ1v) is 16.7.